The third kappa shape index (κ3) is 1.51. The van der Waals surface area contributed by atoms with Gasteiger partial charge in [0.25, 0.3) is 0 Å². The molecule has 0 atom stereocenters. The van der Waals surface area contributed by atoms with Gasteiger partial charge in [-0.25, -0.2) is 4.39 Å². The van der Waals surface area contributed by atoms with Crippen molar-refractivity contribution in [2.75, 3.05) is 6.54 Å². The molecule has 0 fully saturated rings. The summed E-state index contributed by atoms with van der Waals surface area (Å²) < 4.78 is 13.6. The summed E-state index contributed by atoms with van der Waals surface area (Å²) in [4.78, 5) is 3.21. The Balaban J connectivity index is 0.000000963. The van der Waals surface area contributed by atoms with Crippen LogP contribution in [-0.4, -0.2) is 11.5 Å². The summed E-state index contributed by atoms with van der Waals surface area (Å²) in [7, 11) is 0. The third-order valence-electron chi connectivity index (χ3n) is 3.16. The van der Waals surface area contributed by atoms with Gasteiger partial charge in [-0.15, -0.1) is 12.4 Å². The van der Waals surface area contributed by atoms with E-state index in [1.807, 2.05) is 13.0 Å². The zero-order valence-corrected chi connectivity index (χ0v) is 9.88. The van der Waals surface area contributed by atoms with Gasteiger partial charge in [0.05, 0.1) is 5.52 Å². The molecule has 1 aromatic carbocycles. The number of aryl methyl sites for hydroxylation is 1. The molecule has 0 bridgehead atoms. The van der Waals surface area contributed by atoms with E-state index in [9.17, 15) is 4.39 Å². The lowest BCUT2D eigenvalue weighted by Gasteiger charge is -2.13. The molecule has 1 aliphatic rings. The van der Waals surface area contributed by atoms with Crippen LogP contribution < -0.4 is 5.32 Å². The Hall–Kier alpha value is -1.06. The summed E-state index contributed by atoms with van der Waals surface area (Å²) in [6, 6.07) is 3.38. The van der Waals surface area contributed by atoms with Crippen molar-refractivity contribution in [3.05, 3.63) is 34.8 Å². The number of fused-ring (bicyclic) bond motifs is 3. The number of hydrogen-bond acceptors (Lipinski definition) is 1. The van der Waals surface area contributed by atoms with Crippen molar-refractivity contribution >= 4 is 23.3 Å². The van der Waals surface area contributed by atoms with Gasteiger partial charge >= 0.3 is 0 Å². The van der Waals surface area contributed by atoms with E-state index < -0.39 is 0 Å². The molecule has 2 aromatic rings. The van der Waals surface area contributed by atoms with Crippen LogP contribution in [0.4, 0.5) is 4.39 Å². The molecular formula is C12H14ClFN2. The smallest absolute Gasteiger partial charge is 0.147 e. The van der Waals surface area contributed by atoms with Crippen molar-refractivity contribution < 1.29 is 4.39 Å². The molecule has 1 aromatic heterocycles. The normalized spacial score (nSPS) is 14.6. The van der Waals surface area contributed by atoms with E-state index in [1.165, 1.54) is 17.3 Å². The van der Waals surface area contributed by atoms with Crippen LogP contribution in [0.5, 0.6) is 0 Å². The van der Waals surface area contributed by atoms with Crippen molar-refractivity contribution in [1.82, 2.24) is 10.3 Å². The van der Waals surface area contributed by atoms with E-state index in [2.05, 4.69) is 10.3 Å². The van der Waals surface area contributed by atoms with Gasteiger partial charge in [0.2, 0.25) is 0 Å². The first-order valence-electron chi connectivity index (χ1n) is 5.26. The minimum Gasteiger partial charge on any atom is -0.356 e. The summed E-state index contributed by atoms with van der Waals surface area (Å²) in [5.41, 5.74) is 4.25. The Kier molecular flexibility index (Phi) is 2.91. The Morgan fingerprint density at radius 3 is 2.94 bits per heavy atom. The van der Waals surface area contributed by atoms with Gasteiger partial charge in [0, 0.05) is 30.6 Å². The highest BCUT2D eigenvalue weighted by Crippen LogP contribution is 2.29. The molecule has 2 heterocycles. The topological polar surface area (TPSA) is 27.8 Å². The molecule has 3 rings (SSSR count). The van der Waals surface area contributed by atoms with E-state index in [0.717, 1.165) is 30.5 Å². The molecule has 2 nitrogen and oxygen atoms in total. The summed E-state index contributed by atoms with van der Waals surface area (Å²) in [5, 5.41) is 4.39. The van der Waals surface area contributed by atoms with E-state index in [1.54, 1.807) is 0 Å². The number of rotatable bonds is 0. The summed E-state index contributed by atoms with van der Waals surface area (Å²) >= 11 is 0. The lowest BCUT2D eigenvalue weighted by Crippen LogP contribution is -2.22. The lowest BCUT2D eigenvalue weighted by atomic mass is 10.0. The van der Waals surface area contributed by atoms with Crippen molar-refractivity contribution in [2.45, 2.75) is 19.9 Å². The van der Waals surface area contributed by atoms with Crippen LogP contribution >= 0.6 is 12.4 Å². The molecule has 0 aliphatic carbocycles. The van der Waals surface area contributed by atoms with Crippen molar-refractivity contribution in [2.24, 2.45) is 0 Å². The number of hydrogen-bond donors (Lipinski definition) is 2. The molecule has 2 N–H and O–H groups in total. The zero-order valence-electron chi connectivity index (χ0n) is 9.06. The van der Waals surface area contributed by atoms with Crippen LogP contribution in [0, 0.1) is 12.7 Å². The molecular weight excluding hydrogens is 227 g/mol. The fourth-order valence-electron chi connectivity index (χ4n) is 2.40. The first kappa shape index (κ1) is 11.4. The third-order valence-corrected chi connectivity index (χ3v) is 3.16. The fourth-order valence-corrected chi connectivity index (χ4v) is 2.40. The average molecular weight is 241 g/mol. The van der Waals surface area contributed by atoms with Crippen molar-refractivity contribution in [1.29, 1.82) is 0 Å². The maximum atomic E-state index is 13.6. The summed E-state index contributed by atoms with van der Waals surface area (Å²) in [6.45, 7) is 3.85. The Morgan fingerprint density at radius 1 is 1.31 bits per heavy atom. The van der Waals surface area contributed by atoms with E-state index in [4.69, 9.17) is 0 Å². The number of halogens is 2. The summed E-state index contributed by atoms with van der Waals surface area (Å²) in [6.07, 6.45) is 0.961. The molecule has 0 radical (unpaired) electrons. The van der Waals surface area contributed by atoms with E-state index >= 15 is 0 Å². The van der Waals surface area contributed by atoms with Gasteiger partial charge < -0.3 is 10.3 Å². The predicted molar refractivity (Wildman–Crippen MR) is 65.7 cm³/mol. The van der Waals surface area contributed by atoms with Gasteiger partial charge in [0.15, 0.2) is 0 Å². The average Bonchev–Trinajstić information content (AvgIpc) is 2.64. The largest absolute Gasteiger partial charge is 0.356 e. The monoisotopic (exact) mass is 240 g/mol. The molecule has 16 heavy (non-hydrogen) atoms. The fraction of sp³-hybridized carbons (Fsp3) is 0.333. The molecule has 0 unspecified atom stereocenters. The molecule has 4 heteroatoms. The van der Waals surface area contributed by atoms with Crippen LogP contribution in [-0.2, 0) is 13.0 Å². The molecule has 0 spiro atoms. The second-order valence-corrected chi connectivity index (χ2v) is 4.12. The van der Waals surface area contributed by atoms with Gasteiger partial charge in [0.1, 0.15) is 5.82 Å². The van der Waals surface area contributed by atoms with Gasteiger partial charge in [-0.2, -0.15) is 0 Å². The van der Waals surface area contributed by atoms with Gasteiger partial charge in [-0.1, -0.05) is 6.07 Å². The maximum Gasteiger partial charge on any atom is 0.147 e. The second kappa shape index (κ2) is 4.07. The standard InChI is InChI=1S/C12H13FN2.ClH/c1-7-2-3-9(13)12-11(7)8-6-14-5-4-10(8)15-12;/h2-3,14-15H,4-6H2,1H3;1H. The quantitative estimate of drug-likeness (QED) is 0.728. The number of H-pyrrole nitrogens is 1. The highest BCUT2D eigenvalue weighted by atomic mass is 35.5. The van der Waals surface area contributed by atoms with E-state index in [-0.39, 0.29) is 18.2 Å². The number of benzene rings is 1. The highest BCUT2D eigenvalue weighted by molar-refractivity contribution is 5.88. The minimum atomic E-state index is -0.148. The van der Waals surface area contributed by atoms with Crippen LogP contribution in [0.3, 0.4) is 0 Å². The second-order valence-electron chi connectivity index (χ2n) is 4.12. The highest BCUT2D eigenvalue weighted by Gasteiger charge is 2.17. The Morgan fingerprint density at radius 2 is 2.12 bits per heavy atom. The van der Waals surface area contributed by atoms with Crippen LogP contribution in [0.25, 0.3) is 10.9 Å². The van der Waals surface area contributed by atoms with Gasteiger partial charge in [-0.3, -0.25) is 0 Å². The van der Waals surface area contributed by atoms with Crippen molar-refractivity contribution in [3.63, 3.8) is 0 Å². The SMILES string of the molecule is Cc1ccc(F)c2[nH]c3c(c12)CNCC3.Cl. The van der Waals surface area contributed by atoms with Crippen molar-refractivity contribution in [3.8, 4) is 0 Å². The van der Waals surface area contributed by atoms with Gasteiger partial charge in [-0.05, 0) is 24.1 Å². The molecule has 0 amide bonds. The number of aromatic nitrogens is 1. The maximum absolute atomic E-state index is 13.6. The van der Waals surface area contributed by atoms with E-state index in [0.29, 0.717) is 5.52 Å². The van der Waals surface area contributed by atoms with Crippen LogP contribution in [0.1, 0.15) is 16.8 Å². The first-order chi connectivity index (χ1) is 7.27. The molecule has 0 saturated carbocycles. The lowest BCUT2D eigenvalue weighted by molar-refractivity contribution is 0.633. The van der Waals surface area contributed by atoms with Crippen LogP contribution in [0.2, 0.25) is 0 Å². The zero-order chi connectivity index (χ0) is 10.4. The number of nitrogens with one attached hydrogen (secondary N) is 2. The minimum absolute atomic E-state index is 0. The molecule has 86 valence electrons. The Bertz CT molecular complexity index is 533. The molecule has 1 aliphatic heterocycles. The summed E-state index contributed by atoms with van der Waals surface area (Å²) in [5.74, 6) is -0.148. The first-order valence-corrected chi connectivity index (χ1v) is 5.26. The Labute approximate surface area is 99.6 Å². The predicted octanol–water partition coefficient (Wildman–Crippen LogP) is 2.68. The number of aromatic amines is 1. The molecule has 0 saturated heterocycles. The van der Waals surface area contributed by atoms with Crippen LogP contribution in [0.15, 0.2) is 12.1 Å².